The Balaban J connectivity index is 1.65. The molecule has 0 saturated heterocycles. The molecule has 2 nitrogen and oxygen atoms in total. The highest BCUT2D eigenvalue weighted by molar-refractivity contribution is 6.00. The summed E-state index contributed by atoms with van der Waals surface area (Å²) in [4.78, 5) is 12.4. The van der Waals surface area contributed by atoms with Crippen molar-refractivity contribution in [3.63, 3.8) is 0 Å². The molecule has 0 aliphatic heterocycles. The van der Waals surface area contributed by atoms with Crippen LogP contribution in [0.4, 0.5) is 0 Å². The highest BCUT2D eigenvalue weighted by Gasteiger charge is 2.54. The Morgan fingerprint density at radius 3 is 2.24 bits per heavy atom. The van der Waals surface area contributed by atoms with Gasteiger partial charge in [-0.2, -0.15) is 5.26 Å². The number of aryl methyl sites for hydroxylation is 1. The monoisotopic (exact) mass is 275 g/mol. The van der Waals surface area contributed by atoms with Crippen molar-refractivity contribution in [3.8, 4) is 6.07 Å². The van der Waals surface area contributed by atoms with Gasteiger partial charge < -0.3 is 0 Å². The van der Waals surface area contributed by atoms with E-state index in [1.807, 2.05) is 48.5 Å². The number of nitriles is 1. The van der Waals surface area contributed by atoms with Crippen molar-refractivity contribution in [1.29, 1.82) is 5.26 Å². The standard InChI is InChI=1S/C19H17NO/c20-13-17-16(12-11-14-7-3-1-4-8-14)18(17)19(21)15-9-5-2-6-10-15/h1-10,16-18H,11-12H2/t16-,17+,18+/m0/s1. The molecule has 2 aromatic rings. The van der Waals surface area contributed by atoms with Crippen LogP contribution in [0.25, 0.3) is 0 Å². The fourth-order valence-electron chi connectivity index (χ4n) is 3.04. The lowest BCUT2D eigenvalue weighted by molar-refractivity contribution is 0.0958. The van der Waals surface area contributed by atoms with Gasteiger partial charge in [-0.15, -0.1) is 0 Å². The van der Waals surface area contributed by atoms with Crippen LogP contribution in [0.3, 0.4) is 0 Å². The summed E-state index contributed by atoms with van der Waals surface area (Å²) >= 11 is 0. The molecule has 0 N–H and O–H groups in total. The topological polar surface area (TPSA) is 40.9 Å². The van der Waals surface area contributed by atoms with Gasteiger partial charge in [0.05, 0.1) is 12.0 Å². The van der Waals surface area contributed by atoms with Gasteiger partial charge in [-0.25, -0.2) is 0 Å². The molecule has 0 unspecified atom stereocenters. The van der Waals surface area contributed by atoms with Gasteiger partial charge in [-0.05, 0) is 24.3 Å². The fraction of sp³-hybridized carbons (Fsp3) is 0.263. The first-order chi connectivity index (χ1) is 10.3. The molecule has 3 rings (SSSR count). The summed E-state index contributed by atoms with van der Waals surface area (Å²) < 4.78 is 0. The molecular formula is C19H17NO. The van der Waals surface area contributed by atoms with Crippen molar-refractivity contribution in [1.82, 2.24) is 0 Å². The Hall–Kier alpha value is -2.40. The van der Waals surface area contributed by atoms with E-state index in [1.165, 1.54) is 5.56 Å². The van der Waals surface area contributed by atoms with Crippen LogP contribution in [0, 0.1) is 29.1 Å². The lowest BCUT2D eigenvalue weighted by atomic mass is 10.0. The molecular weight excluding hydrogens is 258 g/mol. The van der Waals surface area contributed by atoms with Crippen molar-refractivity contribution in [3.05, 3.63) is 71.8 Å². The minimum Gasteiger partial charge on any atom is -0.294 e. The van der Waals surface area contributed by atoms with Crippen molar-refractivity contribution in [2.75, 3.05) is 0 Å². The number of hydrogen-bond donors (Lipinski definition) is 0. The Labute approximate surface area is 125 Å². The van der Waals surface area contributed by atoms with Crippen LogP contribution < -0.4 is 0 Å². The predicted octanol–water partition coefficient (Wildman–Crippen LogP) is 3.89. The zero-order valence-electron chi connectivity index (χ0n) is 11.8. The first kappa shape index (κ1) is 13.6. The second-order valence-electron chi connectivity index (χ2n) is 5.60. The third-order valence-electron chi connectivity index (χ3n) is 4.29. The maximum atomic E-state index is 12.4. The van der Waals surface area contributed by atoms with Crippen molar-refractivity contribution in [2.24, 2.45) is 17.8 Å². The number of benzene rings is 2. The van der Waals surface area contributed by atoms with E-state index < -0.39 is 0 Å². The lowest BCUT2D eigenvalue weighted by Gasteiger charge is -2.01. The summed E-state index contributed by atoms with van der Waals surface area (Å²) in [6.07, 6.45) is 1.84. The number of Topliss-reactive ketones (excluding diaryl/α,β-unsaturated/α-hetero) is 1. The molecule has 0 bridgehead atoms. The molecule has 0 spiro atoms. The van der Waals surface area contributed by atoms with Crippen molar-refractivity contribution in [2.45, 2.75) is 12.8 Å². The molecule has 1 saturated carbocycles. The summed E-state index contributed by atoms with van der Waals surface area (Å²) in [5, 5.41) is 9.24. The summed E-state index contributed by atoms with van der Waals surface area (Å²) in [6, 6.07) is 21.9. The van der Waals surface area contributed by atoms with E-state index in [2.05, 4.69) is 18.2 Å². The third kappa shape index (κ3) is 2.87. The van der Waals surface area contributed by atoms with Crippen LogP contribution in [-0.2, 0) is 6.42 Å². The molecule has 1 aliphatic rings. The minimum absolute atomic E-state index is 0.110. The quantitative estimate of drug-likeness (QED) is 0.777. The fourth-order valence-corrected chi connectivity index (χ4v) is 3.04. The van der Waals surface area contributed by atoms with Crippen LogP contribution in [-0.4, -0.2) is 5.78 Å². The molecule has 0 amide bonds. The first-order valence-corrected chi connectivity index (χ1v) is 7.34. The number of carbonyl (C=O) groups excluding carboxylic acids is 1. The maximum Gasteiger partial charge on any atom is 0.167 e. The largest absolute Gasteiger partial charge is 0.294 e. The van der Waals surface area contributed by atoms with Gasteiger partial charge in [0.2, 0.25) is 0 Å². The summed E-state index contributed by atoms with van der Waals surface area (Å²) in [5.74, 6) is 0.116. The smallest absolute Gasteiger partial charge is 0.167 e. The molecule has 1 aliphatic carbocycles. The van der Waals surface area contributed by atoms with E-state index in [-0.39, 0.29) is 23.5 Å². The maximum absolute atomic E-state index is 12.4. The van der Waals surface area contributed by atoms with Crippen LogP contribution in [0.15, 0.2) is 60.7 Å². The van der Waals surface area contributed by atoms with E-state index >= 15 is 0 Å². The van der Waals surface area contributed by atoms with E-state index in [0.29, 0.717) is 0 Å². The van der Waals surface area contributed by atoms with Crippen molar-refractivity contribution < 1.29 is 4.79 Å². The number of rotatable bonds is 5. The molecule has 2 heteroatoms. The van der Waals surface area contributed by atoms with Gasteiger partial charge in [-0.3, -0.25) is 4.79 Å². The molecule has 0 radical (unpaired) electrons. The average Bonchev–Trinajstić information content (AvgIpc) is 3.27. The Morgan fingerprint density at radius 2 is 1.62 bits per heavy atom. The van der Waals surface area contributed by atoms with Crippen LogP contribution in [0.2, 0.25) is 0 Å². The highest BCUT2D eigenvalue weighted by atomic mass is 16.1. The summed E-state index contributed by atoms with van der Waals surface area (Å²) in [5.41, 5.74) is 2.00. The summed E-state index contributed by atoms with van der Waals surface area (Å²) in [6.45, 7) is 0. The zero-order chi connectivity index (χ0) is 14.7. The van der Waals surface area contributed by atoms with E-state index in [1.54, 1.807) is 0 Å². The third-order valence-corrected chi connectivity index (χ3v) is 4.29. The van der Waals surface area contributed by atoms with Gasteiger partial charge >= 0.3 is 0 Å². The summed E-state index contributed by atoms with van der Waals surface area (Å²) in [7, 11) is 0. The lowest BCUT2D eigenvalue weighted by Crippen LogP contribution is -2.04. The van der Waals surface area contributed by atoms with Gasteiger partial charge in [-0.1, -0.05) is 60.7 Å². The van der Waals surface area contributed by atoms with E-state index in [4.69, 9.17) is 0 Å². The molecule has 3 atom stereocenters. The first-order valence-electron chi connectivity index (χ1n) is 7.34. The zero-order valence-corrected chi connectivity index (χ0v) is 11.8. The second kappa shape index (κ2) is 5.93. The molecule has 21 heavy (non-hydrogen) atoms. The van der Waals surface area contributed by atoms with Crippen LogP contribution in [0.5, 0.6) is 0 Å². The van der Waals surface area contributed by atoms with Crippen LogP contribution in [0.1, 0.15) is 22.3 Å². The Bertz CT molecular complexity index is 657. The molecule has 0 aromatic heterocycles. The molecule has 104 valence electrons. The second-order valence-corrected chi connectivity index (χ2v) is 5.60. The Kier molecular flexibility index (Phi) is 3.83. The molecule has 0 heterocycles. The van der Waals surface area contributed by atoms with Gasteiger partial charge in [0.1, 0.15) is 0 Å². The van der Waals surface area contributed by atoms with Gasteiger partial charge in [0, 0.05) is 11.5 Å². The molecule has 1 fully saturated rings. The average molecular weight is 275 g/mol. The van der Waals surface area contributed by atoms with E-state index in [9.17, 15) is 10.1 Å². The van der Waals surface area contributed by atoms with E-state index in [0.717, 1.165) is 18.4 Å². The predicted molar refractivity (Wildman–Crippen MR) is 81.6 cm³/mol. The number of carbonyl (C=O) groups is 1. The van der Waals surface area contributed by atoms with Crippen molar-refractivity contribution >= 4 is 5.78 Å². The molecule has 2 aromatic carbocycles. The number of hydrogen-bond acceptors (Lipinski definition) is 2. The van der Waals surface area contributed by atoms with Gasteiger partial charge in [0.15, 0.2) is 5.78 Å². The number of ketones is 1. The Morgan fingerprint density at radius 1 is 1.00 bits per heavy atom. The minimum atomic E-state index is -0.110. The SMILES string of the molecule is N#C[C@@H]1[C@H](CCc2ccccc2)[C@H]1C(=O)c1ccccc1. The normalized spacial score (nSPS) is 23.3. The number of nitrogens with zero attached hydrogens (tertiary/aromatic N) is 1. The van der Waals surface area contributed by atoms with Gasteiger partial charge in [0.25, 0.3) is 0 Å². The highest BCUT2D eigenvalue weighted by Crippen LogP contribution is 2.50. The van der Waals surface area contributed by atoms with Crippen LogP contribution >= 0.6 is 0 Å².